The van der Waals surface area contributed by atoms with Gasteiger partial charge in [0.1, 0.15) is 12.4 Å². The molecule has 0 aromatic heterocycles. The minimum atomic E-state index is -0.484. The van der Waals surface area contributed by atoms with E-state index in [2.05, 4.69) is 4.74 Å². The lowest BCUT2D eigenvalue weighted by molar-refractivity contribution is 0.0600. The highest BCUT2D eigenvalue weighted by Crippen LogP contribution is 2.22. The van der Waals surface area contributed by atoms with Crippen molar-refractivity contribution in [3.8, 4) is 5.75 Å². The Morgan fingerprint density at radius 2 is 2.06 bits per heavy atom. The molecule has 0 radical (unpaired) electrons. The highest BCUT2D eigenvalue weighted by atomic mass is 35.5. The molecule has 0 saturated carbocycles. The smallest absolute Gasteiger partial charge is 0.339 e. The Morgan fingerprint density at radius 1 is 1.31 bits per heavy atom. The summed E-state index contributed by atoms with van der Waals surface area (Å²) in [6.07, 6.45) is 0. The molecule has 0 aliphatic rings. The first-order valence-corrected chi connectivity index (χ1v) is 5.06. The molecule has 0 N–H and O–H groups in total. The molecule has 88 valence electrons. The number of methoxy groups -OCH3 is 2. The van der Waals surface area contributed by atoms with Crippen LogP contribution in [0.5, 0.6) is 5.75 Å². The van der Waals surface area contributed by atoms with Crippen molar-refractivity contribution in [1.29, 1.82) is 0 Å². The van der Waals surface area contributed by atoms with Crippen LogP contribution >= 0.6 is 11.6 Å². The zero-order chi connectivity index (χ0) is 12.0. The van der Waals surface area contributed by atoms with Crippen LogP contribution in [-0.4, -0.2) is 33.4 Å². The van der Waals surface area contributed by atoms with Crippen LogP contribution in [0.1, 0.15) is 10.4 Å². The molecular weight excluding hydrogens is 232 g/mol. The van der Waals surface area contributed by atoms with E-state index in [1.165, 1.54) is 7.11 Å². The van der Waals surface area contributed by atoms with Crippen molar-refractivity contribution in [2.45, 2.75) is 0 Å². The molecule has 0 saturated heterocycles. The molecule has 0 heterocycles. The predicted octanol–water partition coefficient (Wildman–Crippen LogP) is 2.15. The van der Waals surface area contributed by atoms with Gasteiger partial charge in [0, 0.05) is 7.11 Å². The van der Waals surface area contributed by atoms with Gasteiger partial charge in [-0.2, -0.15) is 0 Å². The van der Waals surface area contributed by atoms with E-state index in [1.54, 1.807) is 25.3 Å². The molecule has 1 aromatic rings. The van der Waals surface area contributed by atoms with Crippen LogP contribution in [0.3, 0.4) is 0 Å². The molecule has 0 fully saturated rings. The quantitative estimate of drug-likeness (QED) is 0.588. The van der Waals surface area contributed by atoms with E-state index >= 15 is 0 Å². The third-order valence-electron chi connectivity index (χ3n) is 1.90. The normalized spacial score (nSPS) is 9.94. The van der Waals surface area contributed by atoms with Crippen LogP contribution in [0.25, 0.3) is 0 Å². The SMILES string of the molecule is COCCOc1ccc(Cl)c(C(=O)OC)c1. The van der Waals surface area contributed by atoms with Crippen molar-refractivity contribution in [2.24, 2.45) is 0 Å². The minimum Gasteiger partial charge on any atom is -0.491 e. The molecular formula is C11H13ClO4. The molecule has 0 aliphatic heterocycles. The third-order valence-corrected chi connectivity index (χ3v) is 2.23. The van der Waals surface area contributed by atoms with Gasteiger partial charge in [0.15, 0.2) is 0 Å². The number of hydrogen-bond acceptors (Lipinski definition) is 4. The molecule has 0 bridgehead atoms. The van der Waals surface area contributed by atoms with Gasteiger partial charge in [0.25, 0.3) is 0 Å². The molecule has 0 spiro atoms. The topological polar surface area (TPSA) is 44.8 Å². The van der Waals surface area contributed by atoms with Gasteiger partial charge in [0.05, 0.1) is 24.3 Å². The highest BCUT2D eigenvalue weighted by molar-refractivity contribution is 6.33. The first-order valence-electron chi connectivity index (χ1n) is 4.68. The number of carbonyl (C=O) groups excluding carboxylic acids is 1. The zero-order valence-corrected chi connectivity index (χ0v) is 9.91. The van der Waals surface area contributed by atoms with E-state index in [-0.39, 0.29) is 0 Å². The standard InChI is InChI=1S/C11H13ClO4/c1-14-5-6-16-8-3-4-10(12)9(7-8)11(13)15-2/h3-4,7H,5-6H2,1-2H3. The first kappa shape index (κ1) is 12.8. The van der Waals surface area contributed by atoms with Crippen molar-refractivity contribution >= 4 is 17.6 Å². The summed E-state index contributed by atoms with van der Waals surface area (Å²) in [6.45, 7) is 0.898. The fourth-order valence-electron chi connectivity index (χ4n) is 1.10. The van der Waals surface area contributed by atoms with E-state index in [0.29, 0.717) is 29.5 Å². The highest BCUT2D eigenvalue weighted by Gasteiger charge is 2.11. The molecule has 16 heavy (non-hydrogen) atoms. The Labute approximate surface area is 99.1 Å². The second-order valence-electron chi connectivity index (χ2n) is 2.97. The van der Waals surface area contributed by atoms with Crippen LogP contribution in [0.4, 0.5) is 0 Å². The summed E-state index contributed by atoms with van der Waals surface area (Å²) in [6, 6.07) is 4.82. The first-order chi connectivity index (χ1) is 7.69. The van der Waals surface area contributed by atoms with E-state index in [0.717, 1.165) is 0 Å². The van der Waals surface area contributed by atoms with Crippen LogP contribution in [0, 0.1) is 0 Å². The number of hydrogen-bond donors (Lipinski definition) is 0. The number of halogens is 1. The molecule has 4 nitrogen and oxygen atoms in total. The lowest BCUT2D eigenvalue weighted by atomic mass is 10.2. The van der Waals surface area contributed by atoms with E-state index in [4.69, 9.17) is 21.1 Å². The number of ether oxygens (including phenoxy) is 3. The van der Waals surface area contributed by atoms with Gasteiger partial charge >= 0.3 is 5.97 Å². The molecule has 1 rings (SSSR count). The molecule has 5 heteroatoms. The third kappa shape index (κ3) is 3.40. The molecule has 0 atom stereocenters. The van der Waals surface area contributed by atoms with Crippen LogP contribution in [0.15, 0.2) is 18.2 Å². The van der Waals surface area contributed by atoms with Gasteiger partial charge in [-0.05, 0) is 18.2 Å². The largest absolute Gasteiger partial charge is 0.491 e. The fourth-order valence-corrected chi connectivity index (χ4v) is 1.30. The van der Waals surface area contributed by atoms with Gasteiger partial charge in [-0.15, -0.1) is 0 Å². The summed E-state index contributed by atoms with van der Waals surface area (Å²) < 4.78 is 14.8. The summed E-state index contributed by atoms with van der Waals surface area (Å²) >= 11 is 5.85. The van der Waals surface area contributed by atoms with Gasteiger partial charge in [-0.1, -0.05) is 11.6 Å². The lowest BCUT2D eigenvalue weighted by Crippen LogP contribution is -2.06. The van der Waals surface area contributed by atoms with Crippen molar-refractivity contribution in [3.63, 3.8) is 0 Å². The average Bonchev–Trinajstić information content (AvgIpc) is 2.30. The predicted molar refractivity (Wildman–Crippen MR) is 60.2 cm³/mol. The summed E-state index contributed by atoms with van der Waals surface area (Å²) in [7, 11) is 2.89. The molecule has 0 aliphatic carbocycles. The number of carbonyl (C=O) groups is 1. The Bertz CT molecular complexity index is 365. The Hall–Kier alpha value is -1.26. The maximum absolute atomic E-state index is 11.3. The monoisotopic (exact) mass is 244 g/mol. The molecule has 0 amide bonds. The van der Waals surface area contributed by atoms with E-state index in [1.807, 2.05) is 0 Å². The van der Waals surface area contributed by atoms with Crippen LogP contribution in [0.2, 0.25) is 5.02 Å². The van der Waals surface area contributed by atoms with E-state index < -0.39 is 5.97 Å². The summed E-state index contributed by atoms with van der Waals surface area (Å²) in [5, 5.41) is 0.339. The number of esters is 1. The maximum Gasteiger partial charge on any atom is 0.339 e. The Kier molecular flexibility index (Phi) is 5.08. The van der Waals surface area contributed by atoms with Crippen molar-refractivity contribution in [2.75, 3.05) is 27.4 Å². The summed E-state index contributed by atoms with van der Waals surface area (Å²) in [5.74, 6) is 0.0732. The lowest BCUT2D eigenvalue weighted by Gasteiger charge is -2.08. The zero-order valence-electron chi connectivity index (χ0n) is 9.16. The number of rotatable bonds is 5. The van der Waals surface area contributed by atoms with Gasteiger partial charge in [0.2, 0.25) is 0 Å². The molecule has 0 unspecified atom stereocenters. The van der Waals surface area contributed by atoms with Gasteiger partial charge < -0.3 is 14.2 Å². The molecule has 1 aromatic carbocycles. The summed E-state index contributed by atoms with van der Waals surface area (Å²) in [5.41, 5.74) is 0.291. The van der Waals surface area contributed by atoms with Crippen molar-refractivity contribution in [1.82, 2.24) is 0 Å². The Morgan fingerprint density at radius 3 is 2.69 bits per heavy atom. The minimum absolute atomic E-state index is 0.291. The van der Waals surface area contributed by atoms with E-state index in [9.17, 15) is 4.79 Å². The Balaban J connectivity index is 2.77. The van der Waals surface area contributed by atoms with Gasteiger partial charge in [-0.3, -0.25) is 0 Å². The van der Waals surface area contributed by atoms with Gasteiger partial charge in [-0.25, -0.2) is 4.79 Å². The van der Waals surface area contributed by atoms with Crippen molar-refractivity contribution in [3.05, 3.63) is 28.8 Å². The second kappa shape index (κ2) is 6.35. The fraction of sp³-hybridized carbons (Fsp3) is 0.364. The van der Waals surface area contributed by atoms with Crippen LogP contribution in [-0.2, 0) is 9.47 Å². The average molecular weight is 245 g/mol. The van der Waals surface area contributed by atoms with Crippen LogP contribution < -0.4 is 4.74 Å². The second-order valence-corrected chi connectivity index (χ2v) is 3.38. The number of benzene rings is 1. The van der Waals surface area contributed by atoms with Crippen molar-refractivity contribution < 1.29 is 19.0 Å². The maximum atomic E-state index is 11.3. The summed E-state index contributed by atoms with van der Waals surface area (Å²) in [4.78, 5) is 11.3.